The van der Waals surface area contributed by atoms with E-state index in [4.69, 9.17) is 15.6 Å². The number of pyridine rings is 1. The number of methoxy groups -OCH3 is 1. The molecule has 0 aliphatic heterocycles. The molecule has 0 saturated heterocycles. The number of aryl methyl sites for hydroxylation is 1. The van der Waals surface area contributed by atoms with Crippen molar-refractivity contribution in [3.8, 4) is 5.75 Å². The minimum Gasteiger partial charge on any atom is -0.492 e. The number of hydrogen-bond donors (Lipinski definition) is 3. The molecule has 0 aliphatic rings. The Kier molecular flexibility index (Phi) is 3.71. The van der Waals surface area contributed by atoms with Gasteiger partial charge < -0.3 is 20.6 Å². The molecule has 1 aromatic heterocycles. The molecule has 0 atom stereocenters. The van der Waals surface area contributed by atoms with Crippen molar-refractivity contribution in [3.05, 3.63) is 39.7 Å². The van der Waals surface area contributed by atoms with Gasteiger partial charge in [0.2, 0.25) is 5.56 Å². The summed E-state index contributed by atoms with van der Waals surface area (Å²) in [6.07, 6.45) is 1.08. The lowest BCUT2D eigenvalue weighted by atomic mass is 9.99. The van der Waals surface area contributed by atoms with Crippen LogP contribution < -0.4 is 16.0 Å². The average molecular weight is 288 g/mol. The molecule has 6 nitrogen and oxygen atoms in total. The highest BCUT2D eigenvalue weighted by molar-refractivity contribution is 5.99. The smallest absolute Gasteiger partial charge is 0.328 e. The molecule has 0 saturated carbocycles. The van der Waals surface area contributed by atoms with Crippen molar-refractivity contribution >= 4 is 28.1 Å². The Morgan fingerprint density at radius 1 is 1.43 bits per heavy atom. The van der Waals surface area contributed by atoms with Crippen LogP contribution in [-0.2, 0) is 4.79 Å². The van der Waals surface area contributed by atoms with E-state index in [1.165, 1.54) is 13.2 Å². The van der Waals surface area contributed by atoms with Gasteiger partial charge in [0.25, 0.3) is 0 Å². The van der Waals surface area contributed by atoms with Gasteiger partial charge in [-0.25, -0.2) is 4.79 Å². The number of ether oxygens (including phenoxy) is 1. The van der Waals surface area contributed by atoms with Crippen molar-refractivity contribution < 1.29 is 14.6 Å². The number of nitrogen functional groups attached to an aromatic ring is 1. The minimum atomic E-state index is -1.05. The normalized spacial score (nSPS) is 11.7. The number of aromatic amines is 1. The second-order valence-electron chi connectivity index (χ2n) is 4.78. The van der Waals surface area contributed by atoms with Gasteiger partial charge in [-0.2, -0.15) is 0 Å². The van der Waals surface area contributed by atoms with Crippen LogP contribution in [-0.4, -0.2) is 23.2 Å². The van der Waals surface area contributed by atoms with Crippen molar-refractivity contribution in [3.63, 3.8) is 0 Å². The summed E-state index contributed by atoms with van der Waals surface area (Å²) >= 11 is 0. The van der Waals surface area contributed by atoms with Crippen LogP contribution >= 0.6 is 0 Å². The second-order valence-corrected chi connectivity index (χ2v) is 4.78. The number of anilines is 1. The van der Waals surface area contributed by atoms with Crippen LogP contribution in [0.25, 0.3) is 16.5 Å². The van der Waals surface area contributed by atoms with Gasteiger partial charge >= 0.3 is 5.97 Å². The molecule has 2 aromatic rings. The van der Waals surface area contributed by atoms with Crippen LogP contribution in [0.3, 0.4) is 0 Å². The zero-order valence-corrected chi connectivity index (χ0v) is 12.0. The summed E-state index contributed by atoms with van der Waals surface area (Å²) in [7, 11) is 1.45. The van der Waals surface area contributed by atoms with Crippen LogP contribution in [0.4, 0.5) is 5.69 Å². The third-order valence-corrected chi connectivity index (χ3v) is 3.31. The summed E-state index contributed by atoms with van der Waals surface area (Å²) < 4.78 is 5.29. The molecule has 1 aromatic carbocycles. The number of aromatic nitrogens is 1. The molecule has 0 spiro atoms. The first-order chi connectivity index (χ1) is 9.85. The number of aliphatic carboxylic acids is 1. The van der Waals surface area contributed by atoms with Gasteiger partial charge in [0, 0.05) is 23.1 Å². The molecule has 1 heterocycles. The number of nitrogens with two attached hydrogens (primary N) is 1. The number of fused-ring (bicyclic) bond motifs is 1. The fourth-order valence-corrected chi connectivity index (χ4v) is 2.34. The largest absolute Gasteiger partial charge is 0.492 e. The molecular formula is C15H16N2O4. The molecule has 0 fully saturated rings. The van der Waals surface area contributed by atoms with E-state index in [2.05, 4.69) is 4.98 Å². The highest BCUT2D eigenvalue weighted by Gasteiger charge is 2.15. The number of allylic oxidation sites excluding steroid dienone is 1. The third kappa shape index (κ3) is 2.60. The molecular weight excluding hydrogens is 272 g/mol. The Hall–Kier alpha value is -2.76. The number of rotatable bonds is 3. The fraction of sp³-hybridized carbons (Fsp3) is 0.200. The Bertz CT molecular complexity index is 819. The molecule has 0 amide bonds. The number of hydrogen-bond acceptors (Lipinski definition) is 4. The number of carboxylic acid groups (broad SMARTS) is 1. The number of carbonyl (C=O) groups is 1. The SMILES string of the molecule is COc1c(N)c(/C(C)=C\C(=O)O)cc2c(C)cc(=O)[nH]c12. The first-order valence-electron chi connectivity index (χ1n) is 6.26. The maximum Gasteiger partial charge on any atom is 0.328 e. The van der Waals surface area contributed by atoms with Crippen molar-refractivity contribution in [2.75, 3.05) is 12.8 Å². The van der Waals surface area contributed by atoms with Gasteiger partial charge in [-0.3, -0.25) is 4.79 Å². The van der Waals surface area contributed by atoms with Crippen LogP contribution in [0.5, 0.6) is 5.75 Å². The predicted octanol–water partition coefficient (Wildman–Crippen LogP) is 1.92. The summed E-state index contributed by atoms with van der Waals surface area (Å²) in [5.41, 5.74) is 8.44. The number of benzene rings is 1. The third-order valence-electron chi connectivity index (χ3n) is 3.31. The second kappa shape index (κ2) is 5.32. The molecule has 0 bridgehead atoms. The van der Waals surface area contributed by atoms with Crippen LogP contribution in [0.2, 0.25) is 0 Å². The fourth-order valence-electron chi connectivity index (χ4n) is 2.34. The topological polar surface area (TPSA) is 105 Å². The summed E-state index contributed by atoms with van der Waals surface area (Å²) in [6.45, 7) is 3.46. The van der Waals surface area contributed by atoms with Gasteiger partial charge in [0.15, 0.2) is 5.75 Å². The lowest BCUT2D eigenvalue weighted by Gasteiger charge is -2.15. The van der Waals surface area contributed by atoms with Crippen molar-refractivity contribution in [1.82, 2.24) is 4.98 Å². The van der Waals surface area contributed by atoms with E-state index >= 15 is 0 Å². The maximum atomic E-state index is 11.6. The number of nitrogens with one attached hydrogen (secondary N) is 1. The lowest BCUT2D eigenvalue weighted by Crippen LogP contribution is -2.08. The average Bonchev–Trinajstić information content (AvgIpc) is 2.37. The first kappa shape index (κ1) is 14.6. The lowest BCUT2D eigenvalue weighted by molar-refractivity contribution is -0.131. The number of carboxylic acids is 1. The van der Waals surface area contributed by atoms with Crippen LogP contribution in [0.15, 0.2) is 23.0 Å². The Balaban J connectivity index is 2.90. The van der Waals surface area contributed by atoms with Crippen molar-refractivity contribution in [1.29, 1.82) is 0 Å². The van der Waals surface area contributed by atoms with Gasteiger partial charge in [0.05, 0.1) is 18.3 Å². The predicted molar refractivity (Wildman–Crippen MR) is 81.6 cm³/mol. The van der Waals surface area contributed by atoms with Gasteiger partial charge in [-0.15, -0.1) is 0 Å². The van der Waals surface area contributed by atoms with Gasteiger partial charge in [0.1, 0.15) is 0 Å². The molecule has 0 radical (unpaired) electrons. The van der Waals surface area contributed by atoms with E-state index in [0.717, 1.165) is 17.0 Å². The number of H-pyrrole nitrogens is 1. The van der Waals surface area contributed by atoms with Gasteiger partial charge in [-0.1, -0.05) is 0 Å². The monoisotopic (exact) mass is 288 g/mol. The molecule has 4 N–H and O–H groups in total. The highest BCUT2D eigenvalue weighted by Crippen LogP contribution is 2.37. The molecule has 110 valence electrons. The zero-order valence-electron chi connectivity index (χ0n) is 12.0. The van der Waals surface area contributed by atoms with E-state index in [-0.39, 0.29) is 5.56 Å². The molecule has 2 rings (SSSR count). The Labute approximate surface area is 120 Å². The molecule has 0 unspecified atom stereocenters. The Morgan fingerprint density at radius 3 is 2.67 bits per heavy atom. The Morgan fingerprint density at radius 2 is 2.10 bits per heavy atom. The maximum absolute atomic E-state index is 11.6. The zero-order chi connectivity index (χ0) is 15.7. The van der Waals surface area contributed by atoms with Crippen molar-refractivity contribution in [2.24, 2.45) is 0 Å². The standard InChI is InChI=1S/C15H16N2O4/c1-7-4-11(18)17-14-10(7)6-9(8(2)5-12(19)20)13(16)15(14)21-3/h4-6H,16H2,1-3H3,(H,17,18)(H,19,20)/b8-5-. The van der Waals surface area contributed by atoms with Crippen LogP contribution in [0, 0.1) is 6.92 Å². The van der Waals surface area contributed by atoms with E-state index in [1.807, 2.05) is 0 Å². The summed E-state index contributed by atoms with van der Waals surface area (Å²) in [5.74, 6) is -0.717. The summed E-state index contributed by atoms with van der Waals surface area (Å²) in [4.78, 5) is 25.1. The minimum absolute atomic E-state index is 0.247. The molecule has 6 heteroatoms. The summed E-state index contributed by atoms with van der Waals surface area (Å²) in [5, 5.41) is 9.63. The van der Waals surface area contributed by atoms with E-state index in [9.17, 15) is 9.59 Å². The molecule has 21 heavy (non-hydrogen) atoms. The van der Waals surface area contributed by atoms with E-state index in [0.29, 0.717) is 28.1 Å². The van der Waals surface area contributed by atoms with Gasteiger partial charge in [-0.05, 0) is 31.1 Å². The van der Waals surface area contributed by atoms with E-state index in [1.54, 1.807) is 19.9 Å². The quantitative estimate of drug-likeness (QED) is 0.591. The molecule has 0 aliphatic carbocycles. The summed E-state index contributed by atoms with van der Waals surface area (Å²) in [6, 6.07) is 3.23. The first-order valence-corrected chi connectivity index (χ1v) is 6.26. The highest BCUT2D eigenvalue weighted by atomic mass is 16.5. The van der Waals surface area contributed by atoms with Crippen LogP contribution in [0.1, 0.15) is 18.1 Å². The van der Waals surface area contributed by atoms with Crippen molar-refractivity contribution in [2.45, 2.75) is 13.8 Å². The van der Waals surface area contributed by atoms with E-state index < -0.39 is 5.97 Å².